The summed E-state index contributed by atoms with van der Waals surface area (Å²) in [6.45, 7) is 1.93. The molecule has 0 aromatic carbocycles. The van der Waals surface area contributed by atoms with Crippen molar-refractivity contribution in [2.75, 3.05) is 13.2 Å². The zero-order chi connectivity index (χ0) is 13.9. The van der Waals surface area contributed by atoms with Crippen LogP contribution < -0.4 is 16.8 Å². The Morgan fingerprint density at radius 1 is 1.56 bits per heavy atom. The number of primary amides is 1. The van der Waals surface area contributed by atoms with Gasteiger partial charge in [-0.2, -0.15) is 0 Å². The summed E-state index contributed by atoms with van der Waals surface area (Å²) in [5, 5.41) is 11.1. The number of hydrogen-bond donors (Lipinski definition) is 4. The van der Waals surface area contributed by atoms with Gasteiger partial charge in [0, 0.05) is 6.04 Å². The van der Waals surface area contributed by atoms with Crippen molar-refractivity contribution in [2.24, 2.45) is 16.9 Å². The third-order valence-electron chi connectivity index (χ3n) is 3.05. The Hall–Kier alpha value is -1.67. The number of aliphatic carboxylic acids is 1. The maximum absolute atomic E-state index is 12.0. The fourth-order valence-corrected chi connectivity index (χ4v) is 1.65. The maximum Gasteiger partial charge on any atom is 0.326 e. The third-order valence-corrected chi connectivity index (χ3v) is 3.05. The number of amides is 2. The van der Waals surface area contributed by atoms with Gasteiger partial charge in [0.05, 0.1) is 25.0 Å². The van der Waals surface area contributed by atoms with Gasteiger partial charge in [-0.05, 0) is 6.92 Å². The number of carboxylic acids is 1. The molecular weight excluding hydrogens is 242 g/mol. The molecule has 3 atom stereocenters. The fourth-order valence-electron chi connectivity index (χ4n) is 1.65. The van der Waals surface area contributed by atoms with Crippen LogP contribution in [0.2, 0.25) is 0 Å². The van der Waals surface area contributed by atoms with E-state index in [9.17, 15) is 14.4 Å². The zero-order valence-corrected chi connectivity index (χ0v) is 10.0. The molecular formula is C10H17N3O5. The van der Waals surface area contributed by atoms with Gasteiger partial charge in [0.15, 0.2) is 0 Å². The van der Waals surface area contributed by atoms with Crippen molar-refractivity contribution in [3.8, 4) is 0 Å². The molecule has 2 amide bonds. The van der Waals surface area contributed by atoms with Gasteiger partial charge >= 0.3 is 5.97 Å². The van der Waals surface area contributed by atoms with E-state index in [1.165, 1.54) is 0 Å². The van der Waals surface area contributed by atoms with Crippen LogP contribution in [-0.2, 0) is 19.1 Å². The van der Waals surface area contributed by atoms with Crippen LogP contribution in [0.1, 0.15) is 13.3 Å². The number of nitrogens with one attached hydrogen (secondary N) is 1. The topological polar surface area (TPSA) is 145 Å². The molecule has 2 unspecified atom stereocenters. The van der Waals surface area contributed by atoms with Crippen molar-refractivity contribution in [3.05, 3.63) is 0 Å². The predicted octanol–water partition coefficient (Wildman–Crippen LogP) is -2.20. The highest BCUT2D eigenvalue weighted by molar-refractivity contribution is 5.90. The van der Waals surface area contributed by atoms with Gasteiger partial charge in [0.25, 0.3) is 0 Å². The molecule has 0 saturated carbocycles. The Kier molecular flexibility index (Phi) is 4.25. The van der Waals surface area contributed by atoms with E-state index < -0.39 is 41.7 Å². The Morgan fingerprint density at radius 3 is 2.56 bits per heavy atom. The molecule has 8 heteroatoms. The van der Waals surface area contributed by atoms with Crippen LogP contribution in [-0.4, -0.2) is 48.2 Å². The maximum atomic E-state index is 12.0. The number of carbonyl (C=O) groups excluding carboxylic acids is 2. The first kappa shape index (κ1) is 14.4. The number of nitrogens with two attached hydrogens (primary N) is 2. The molecule has 0 aromatic heterocycles. The normalized spacial score (nSPS) is 28.7. The van der Waals surface area contributed by atoms with E-state index in [-0.39, 0.29) is 13.2 Å². The highest BCUT2D eigenvalue weighted by Crippen LogP contribution is 2.27. The van der Waals surface area contributed by atoms with Crippen molar-refractivity contribution < 1.29 is 24.2 Å². The van der Waals surface area contributed by atoms with Crippen molar-refractivity contribution in [1.82, 2.24) is 5.32 Å². The van der Waals surface area contributed by atoms with E-state index in [2.05, 4.69) is 5.32 Å². The first-order chi connectivity index (χ1) is 8.27. The van der Waals surface area contributed by atoms with Gasteiger partial charge < -0.3 is 26.6 Å². The number of hydrogen-bond acceptors (Lipinski definition) is 5. The molecule has 0 aliphatic carbocycles. The first-order valence-corrected chi connectivity index (χ1v) is 5.42. The second-order valence-corrected chi connectivity index (χ2v) is 4.57. The van der Waals surface area contributed by atoms with Crippen LogP contribution in [0.5, 0.6) is 0 Å². The highest BCUT2D eigenvalue weighted by Gasteiger charge is 2.45. The minimum atomic E-state index is -1.35. The molecule has 1 aliphatic rings. The smallest absolute Gasteiger partial charge is 0.326 e. The van der Waals surface area contributed by atoms with E-state index in [0.717, 1.165) is 0 Å². The van der Waals surface area contributed by atoms with E-state index in [0.29, 0.717) is 0 Å². The quantitative estimate of drug-likeness (QED) is 0.440. The van der Waals surface area contributed by atoms with Gasteiger partial charge in [-0.15, -0.1) is 0 Å². The van der Waals surface area contributed by atoms with Crippen molar-refractivity contribution in [3.63, 3.8) is 0 Å². The van der Waals surface area contributed by atoms with Gasteiger partial charge in [-0.1, -0.05) is 0 Å². The molecule has 0 aromatic rings. The fraction of sp³-hybridized carbons (Fsp3) is 0.700. The molecule has 18 heavy (non-hydrogen) atoms. The molecule has 0 radical (unpaired) electrons. The number of carbonyl (C=O) groups is 3. The van der Waals surface area contributed by atoms with Crippen LogP contribution in [0.3, 0.4) is 0 Å². The zero-order valence-electron chi connectivity index (χ0n) is 10.0. The third kappa shape index (κ3) is 2.96. The van der Waals surface area contributed by atoms with Crippen molar-refractivity contribution in [2.45, 2.75) is 25.4 Å². The van der Waals surface area contributed by atoms with E-state index in [4.69, 9.17) is 21.3 Å². The second-order valence-electron chi connectivity index (χ2n) is 4.57. The standard InChI is InChI=1S/C10H17N3O5/c1-10(4-18-3-6(10)11)9(17)13-5(8(15)16)2-7(12)14/h5-6H,2-4,11H2,1H3,(H2,12,14)(H,13,17)(H,15,16)/t5-,6?,10?/m0/s1. The lowest BCUT2D eigenvalue weighted by atomic mass is 9.84. The average molecular weight is 259 g/mol. The summed E-state index contributed by atoms with van der Waals surface area (Å²) in [6, 6.07) is -1.86. The summed E-state index contributed by atoms with van der Waals surface area (Å²) in [5.41, 5.74) is 9.67. The molecule has 0 spiro atoms. The van der Waals surface area contributed by atoms with Crippen molar-refractivity contribution >= 4 is 17.8 Å². The molecule has 6 N–H and O–H groups in total. The Bertz CT molecular complexity index is 373. The number of ether oxygens (including phenoxy) is 1. The first-order valence-electron chi connectivity index (χ1n) is 5.42. The van der Waals surface area contributed by atoms with Crippen LogP contribution in [0.25, 0.3) is 0 Å². The van der Waals surface area contributed by atoms with Crippen LogP contribution in [0, 0.1) is 5.41 Å². The number of rotatable bonds is 5. The largest absolute Gasteiger partial charge is 0.480 e. The van der Waals surface area contributed by atoms with Crippen molar-refractivity contribution in [1.29, 1.82) is 0 Å². The monoisotopic (exact) mass is 259 g/mol. The summed E-state index contributed by atoms with van der Waals surface area (Å²) < 4.78 is 5.09. The van der Waals surface area contributed by atoms with Crippen LogP contribution in [0.4, 0.5) is 0 Å². The Balaban J connectivity index is 2.72. The Morgan fingerprint density at radius 2 is 2.17 bits per heavy atom. The van der Waals surface area contributed by atoms with E-state index >= 15 is 0 Å². The predicted molar refractivity (Wildman–Crippen MR) is 60.3 cm³/mol. The summed E-state index contributed by atoms with van der Waals surface area (Å²) in [4.78, 5) is 33.6. The minimum absolute atomic E-state index is 0.114. The molecule has 8 nitrogen and oxygen atoms in total. The van der Waals surface area contributed by atoms with E-state index in [1.807, 2.05) is 0 Å². The molecule has 0 bridgehead atoms. The Labute approximate surface area is 104 Å². The average Bonchev–Trinajstić information content (AvgIpc) is 2.58. The highest BCUT2D eigenvalue weighted by atomic mass is 16.5. The molecule has 1 saturated heterocycles. The number of carboxylic acid groups (broad SMARTS) is 1. The lowest BCUT2D eigenvalue weighted by Gasteiger charge is -2.27. The summed E-state index contributed by atoms with van der Waals surface area (Å²) in [5.74, 6) is -2.68. The van der Waals surface area contributed by atoms with Crippen LogP contribution in [0.15, 0.2) is 0 Å². The van der Waals surface area contributed by atoms with E-state index in [1.54, 1.807) is 6.92 Å². The summed E-state index contributed by atoms with van der Waals surface area (Å²) >= 11 is 0. The van der Waals surface area contributed by atoms with Gasteiger partial charge in [-0.25, -0.2) is 4.79 Å². The van der Waals surface area contributed by atoms with Gasteiger partial charge in [-0.3, -0.25) is 9.59 Å². The van der Waals surface area contributed by atoms with Gasteiger partial charge in [0.1, 0.15) is 6.04 Å². The molecule has 1 aliphatic heterocycles. The molecule has 1 fully saturated rings. The lowest BCUT2D eigenvalue weighted by molar-refractivity contribution is -0.145. The molecule has 102 valence electrons. The summed E-state index contributed by atoms with van der Waals surface area (Å²) in [7, 11) is 0. The molecule has 1 heterocycles. The van der Waals surface area contributed by atoms with Crippen LogP contribution >= 0.6 is 0 Å². The molecule has 1 rings (SSSR count). The van der Waals surface area contributed by atoms with Gasteiger partial charge in [0.2, 0.25) is 11.8 Å². The SMILES string of the molecule is CC1(C(=O)N[C@@H](CC(N)=O)C(=O)O)COCC1N. The lowest BCUT2D eigenvalue weighted by Crippen LogP contribution is -2.54. The second kappa shape index (κ2) is 5.32. The minimum Gasteiger partial charge on any atom is -0.480 e. The summed E-state index contributed by atoms with van der Waals surface area (Å²) in [6.07, 6.45) is -0.465.